The number of rotatable bonds is 5. The van der Waals surface area contributed by atoms with E-state index in [0.717, 1.165) is 11.0 Å². The van der Waals surface area contributed by atoms with Gasteiger partial charge in [-0.2, -0.15) is 0 Å². The van der Waals surface area contributed by atoms with Gasteiger partial charge in [-0.05, 0) is 30.5 Å². The summed E-state index contributed by atoms with van der Waals surface area (Å²) >= 11 is 12.0. The van der Waals surface area contributed by atoms with Crippen molar-refractivity contribution in [1.82, 2.24) is 9.55 Å². The van der Waals surface area contributed by atoms with E-state index < -0.39 is 6.04 Å². The number of ether oxygens (including phenoxy) is 1. The van der Waals surface area contributed by atoms with Gasteiger partial charge in [0, 0.05) is 5.02 Å². The van der Waals surface area contributed by atoms with E-state index in [9.17, 15) is 4.79 Å². The summed E-state index contributed by atoms with van der Waals surface area (Å²) in [7, 11) is 1.39. The molecule has 0 aliphatic heterocycles. The number of hydrogen-bond acceptors (Lipinski definition) is 3. The summed E-state index contributed by atoms with van der Waals surface area (Å²) in [5, 5.41) is 0.603. The van der Waals surface area contributed by atoms with Crippen molar-refractivity contribution in [3.05, 3.63) is 29.0 Å². The molecule has 1 heterocycles. The number of imidazole rings is 1. The molecule has 0 radical (unpaired) electrons. The highest BCUT2D eigenvalue weighted by molar-refractivity contribution is 6.31. The summed E-state index contributed by atoms with van der Waals surface area (Å²) in [4.78, 5) is 16.7. The minimum Gasteiger partial charge on any atom is -0.467 e. The van der Waals surface area contributed by atoms with Crippen LogP contribution in [0.15, 0.2) is 18.2 Å². The van der Waals surface area contributed by atoms with E-state index in [2.05, 4.69) is 18.8 Å². The smallest absolute Gasteiger partial charge is 0.328 e. The van der Waals surface area contributed by atoms with E-state index in [1.807, 2.05) is 10.6 Å². The maximum Gasteiger partial charge on any atom is 0.328 e. The Morgan fingerprint density at radius 3 is 2.71 bits per heavy atom. The topological polar surface area (TPSA) is 44.1 Å². The first-order chi connectivity index (χ1) is 9.97. The second-order valence-electron chi connectivity index (χ2n) is 5.33. The van der Waals surface area contributed by atoms with E-state index in [4.69, 9.17) is 27.9 Å². The minimum atomic E-state index is -0.435. The van der Waals surface area contributed by atoms with Crippen LogP contribution in [0, 0.1) is 5.92 Å². The number of carbonyl (C=O) groups excluding carboxylic acids is 1. The molecule has 0 saturated carbocycles. The molecule has 1 aromatic carbocycles. The Balaban J connectivity index is 2.62. The standard InChI is InChI=1S/C15H18Cl2N2O2/c1-9(2)6-13(15(20)21-3)19-12-5-4-10(17)7-11(12)18-14(19)8-16/h4-5,7,9,13H,6,8H2,1-3H3. The van der Waals surface area contributed by atoms with Gasteiger partial charge in [-0.25, -0.2) is 9.78 Å². The van der Waals surface area contributed by atoms with Gasteiger partial charge >= 0.3 is 5.97 Å². The number of halogens is 2. The Bertz CT molecular complexity index is 652. The highest BCUT2D eigenvalue weighted by atomic mass is 35.5. The molecular weight excluding hydrogens is 311 g/mol. The summed E-state index contributed by atoms with van der Waals surface area (Å²) in [5.74, 6) is 0.911. The largest absolute Gasteiger partial charge is 0.467 e. The third-order valence-electron chi connectivity index (χ3n) is 3.32. The monoisotopic (exact) mass is 328 g/mol. The molecule has 0 fully saturated rings. The number of methoxy groups -OCH3 is 1. The molecule has 114 valence electrons. The van der Waals surface area contributed by atoms with Crippen LogP contribution in [0.1, 0.15) is 32.1 Å². The molecule has 1 aromatic heterocycles. The zero-order valence-electron chi connectivity index (χ0n) is 12.3. The molecule has 0 amide bonds. The van der Waals surface area contributed by atoms with Gasteiger partial charge < -0.3 is 9.30 Å². The molecule has 0 bridgehead atoms. The van der Waals surface area contributed by atoms with E-state index in [0.29, 0.717) is 23.2 Å². The molecule has 0 aliphatic carbocycles. The molecule has 0 spiro atoms. The number of aromatic nitrogens is 2. The Morgan fingerprint density at radius 2 is 2.14 bits per heavy atom. The maximum absolute atomic E-state index is 12.2. The Labute approximate surface area is 134 Å². The van der Waals surface area contributed by atoms with Gasteiger partial charge in [-0.3, -0.25) is 0 Å². The predicted octanol–water partition coefficient (Wildman–Crippen LogP) is 4.19. The second kappa shape index (κ2) is 6.67. The molecule has 2 aromatic rings. The van der Waals surface area contributed by atoms with Crippen LogP contribution in [-0.4, -0.2) is 22.6 Å². The summed E-state index contributed by atoms with van der Waals surface area (Å²) in [5.41, 5.74) is 1.57. The van der Waals surface area contributed by atoms with Gasteiger partial charge in [0.2, 0.25) is 0 Å². The number of alkyl halides is 1. The van der Waals surface area contributed by atoms with Crippen molar-refractivity contribution in [3.8, 4) is 0 Å². The van der Waals surface area contributed by atoms with Crippen molar-refractivity contribution in [2.24, 2.45) is 5.92 Å². The fourth-order valence-electron chi connectivity index (χ4n) is 2.45. The van der Waals surface area contributed by atoms with Crippen molar-refractivity contribution in [2.75, 3.05) is 7.11 Å². The number of esters is 1. The third-order valence-corrected chi connectivity index (χ3v) is 3.80. The predicted molar refractivity (Wildman–Crippen MR) is 84.8 cm³/mol. The lowest BCUT2D eigenvalue weighted by Gasteiger charge is -2.21. The van der Waals surface area contributed by atoms with Crippen LogP contribution in [-0.2, 0) is 15.4 Å². The fraction of sp³-hybridized carbons (Fsp3) is 0.467. The first-order valence-corrected chi connectivity index (χ1v) is 7.69. The quantitative estimate of drug-likeness (QED) is 0.610. The summed E-state index contributed by atoms with van der Waals surface area (Å²) < 4.78 is 6.82. The van der Waals surface area contributed by atoms with Gasteiger partial charge in [-0.15, -0.1) is 11.6 Å². The summed E-state index contributed by atoms with van der Waals surface area (Å²) in [6.45, 7) is 4.12. The van der Waals surface area contributed by atoms with Crippen molar-refractivity contribution >= 4 is 40.2 Å². The van der Waals surface area contributed by atoms with E-state index in [1.54, 1.807) is 12.1 Å². The Hall–Kier alpha value is -1.26. The van der Waals surface area contributed by atoms with Crippen LogP contribution >= 0.6 is 23.2 Å². The molecule has 21 heavy (non-hydrogen) atoms. The average Bonchev–Trinajstić information content (AvgIpc) is 2.80. The first kappa shape index (κ1) is 16.1. The molecule has 0 N–H and O–H groups in total. The van der Waals surface area contributed by atoms with Gasteiger partial charge in [0.25, 0.3) is 0 Å². The molecule has 2 rings (SSSR count). The molecule has 4 nitrogen and oxygen atoms in total. The normalized spacial score (nSPS) is 12.9. The maximum atomic E-state index is 12.2. The SMILES string of the molecule is COC(=O)C(CC(C)C)n1c(CCl)nc2cc(Cl)ccc21. The van der Waals surface area contributed by atoms with Gasteiger partial charge in [0.15, 0.2) is 0 Å². The fourth-order valence-corrected chi connectivity index (χ4v) is 2.81. The number of benzene rings is 1. The third kappa shape index (κ3) is 3.33. The second-order valence-corrected chi connectivity index (χ2v) is 6.04. The molecule has 6 heteroatoms. The number of fused-ring (bicyclic) bond motifs is 1. The van der Waals surface area contributed by atoms with Crippen LogP contribution < -0.4 is 0 Å². The minimum absolute atomic E-state index is 0.220. The molecular formula is C15H18Cl2N2O2. The average molecular weight is 329 g/mol. The van der Waals surface area contributed by atoms with Crippen LogP contribution in [0.3, 0.4) is 0 Å². The van der Waals surface area contributed by atoms with Crippen molar-refractivity contribution in [3.63, 3.8) is 0 Å². The van der Waals surface area contributed by atoms with Crippen LogP contribution in [0.2, 0.25) is 5.02 Å². The van der Waals surface area contributed by atoms with E-state index in [-0.39, 0.29) is 11.8 Å². The van der Waals surface area contributed by atoms with Crippen molar-refractivity contribution in [1.29, 1.82) is 0 Å². The number of hydrogen-bond donors (Lipinski definition) is 0. The van der Waals surface area contributed by atoms with Gasteiger partial charge in [-0.1, -0.05) is 25.4 Å². The first-order valence-electron chi connectivity index (χ1n) is 6.78. The van der Waals surface area contributed by atoms with Crippen molar-refractivity contribution < 1.29 is 9.53 Å². The lowest BCUT2D eigenvalue weighted by atomic mass is 10.0. The number of carbonyl (C=O) groups is 1. The van der Waals surface area contributed by atoms with Gasteiger partial charge in [0.1, 0.15) is 11.9 Å². The van der Waals surface area contributed by atoms with Crippen LogP contribution in [0.4, 0.5) is 0 Å². The molecule has 1 unspecified atom stereocenters. The van der Waals surface area contributed by atoms with Crippen LogP contribution in [0.5, 0.6) is 0 Å². The highest BCUT2D eigenvalue weighted by Crippen LogP contribution is 2.29. The zero-order valence-corrected chi connectivity index (χ0v) is 13.8. The lowest BCUT2D eigenvalue weighted by Crippen LogP contribution is -2.24. The highest BCUT2D eigenvalue weighted by Gasteiger charge is 2.27. The number of nitrogens with zero attached hydrogens (tertiary/aromatic N) is 2. The van der Waals surface area contributed by atoms with Gasteiger partial charge in [0.05, 0.1) is 24.0 Å². The van der Waals surface area contributed by atoms with Crippen molar-refractivity contribution in [2.45, 2.75) is 32.2 Å². The zero-order chi connectivity index (χ0) is 15.6. The lowest BCUT2D eigenvalue weighted by molar-refractivity contribution is -0.145. The van der Waals surface area contributed by atoms with E-state index in [1.165, 1.54) is 7.11 Å². The summed E-state index contributed by atoms with van der Waals surface area (Å²) in [6.07, 6.45) is 0.657. The summed E-state index contributed by atoms with van der Waals surface area (Å²) in [6, 6.07) is 4.98. The van der Waals surface area contributed by atoms with E-state index >= 15 is 0 Å². The Kier molecular flexibility index (Phi) is 5.12. The molecule has 0 aliphatic rings. The Morgan fingerprint density at radius 1 is 1.43 bits per heavy atom. The van der Waals surface area contributed by atoms with Crippen LogP contribution in [0.25, 0.3) is 11.0 Å². The molecule has 1 atom stereocenters. The molecule has 0 saturated heterocycles.